The van der Waals surface area contributed by atoms with Crippen molar-refractivity contribution in [2.45, 2.75) is 13.3 Å². The number of amides is 2. The van der Waals surface area contributed by atoms with E-state index >= 15 is 0 Å². The Hall–Kier alpha value is -2.83. The molecule has 2 heterocycles. The summed E-state index contributed by atoms with van der Waals surface area (Å²) in [6.07, 6.45) is 0.585. The molecule has 7 nitrogen and oxygen atoms in total. The van der Waals surface area contributed by atoms with Gasteiger partial charge in [-0.25, -0.2) is 4.79 Å². The maximum absolute atomic E-state index is 12.4. The summed E-state index contributed by atoms with van der Waals surface area (Å²) in [6.45, 7) is 2.67. The van der Waals surface area contributed by atoms with Gasteiger partial charge in [-0.3, -0.25) is 10.1 Å². The van der Waals surface area contributed by atoms with Crippen molar-refractivity contribution in [3.63, 3.8) is 0 Å². The number of nitrogens with zero attached hydrogens (tertiary/aromatic N) is 2. The first-order valence-electron chi connectivity index (χ1n) is 7.84. The average molecular weight is 329 g/mol. The number of hydrogen-bond acceptors (Lipinski definition) is 4. The molecular formula is C17H19N3O4. The van der Waals surface area contributed by atoms with Crippen LogP contribution in [0.5, 0.6) is 0 Å². The highest BCUT2D eigenvalue weighted by Gasteiger charge is 2.32. The smallest absolute Gasteiger partial charge is 0.323 e. The number of carbonyl (C=O) groups is 2. The van der Waals surface area contributed by atoms with Gasteiger partial charge in [-0.05, 0) is 12.3 Å². The third-order valence-electron chi connectivity index (χ3n) is 4.10. The monoisotopic (exact) mass is 329 g/mol. The maximum Gasteiger partial charge on any atom is 0.323 e. The van der Waals surface area contributed by atoms with Crippen LogP contribution in [0, 0.1) is 11.8 Å². The van der Waals surface area contributed by atoms with Crippen LogP contribution in [0.15, 0.2) is 40.9 Å². The van der Waals surface area contributed by atoms with Crippen molar-refractivity contribution in [1.29, 1.82) is 0 Å². The predicted molar refractivity (Wildman–Crippen MR) is 87.4 cm³/mol. The van der Waals surface area contributed by atoms with E-state index in [-0.39, 0.29) is 18.5 Å². The SMILES string of the molecule is CC1CC(C(=O)O)CN(C(=O)Nc2cc(-c3ccccc3)on2)C1. The molecule has 1 fully saturated rings. The number of likely N-dealkylation sites (tertiary alicyclic amines) is 1. The molecule has 2 atom stereocenters. The molecule has 2 N–H and O–H groups in total. The van der Waals surface area contributed by atoms with Crippen LogP contribution in [0.3, 0.4) is 0 Å². The zero-order valence-electron chi connectivity index (χ0n) is 13.3. The summed E-state index contributed by atoms with van der Waals surface area (Å²) in [4.78, 5) is 25.1. The molecule has 2 aromatic rings. The molecule has 0 aliphatic carbocycles. The van der Waals surface area contributed by atoms with Gasteiger partial charge in [-0.1, -0.05) is 42.4 Å². The molecule has 1 saturated heterocycles. The Morgan fingerprint density at radius 3 is 2.75 bits per heavy atom. The number of rotatable bonds is 3. The first-order valence-corrected chi connectivity index (χ1v) is 7.84. The van der Waals surface area contributed by atoms with Gasteiger partial charge < -0.3 is 14.5 Å². The third-order valence-corrected chi connectivity index (χ3v) is 4.10. The van der Waals surface area contributed by atoms with Gasteiger partial charge in [0.1, 0.15) is 0 Å². The Bertz CT molecular complexity index is 728. The Labute approximate surface area is 139 Å². The van der Waals surface area contributed by atoms with E-state index in [4.69, 9.17) is 4.52 Å². The Balaban J connectivity index is 1.67. The van der Waals surface area contributed by atoms with E-state index in [0.29, 0.717) is 24.5 Å². The second-order valence-corrected chi connectivity index (χ2v) is 6.15. The van der Waals surface area contributed by atoms with Crippen LogP contribution in [0.4, 0.5) is 10.6 Å². The van der Waals surface area contributed by atoms with Gasteiger partial charge in [0.05, 0.1) is 5.92 Å². The molecule has 126 valence electrons. The summed E-state index contributed by atoms with van der Waals surface area (Å²) in [6, 6.07) is 10.7. The average Bonchev–Trinajstić information content (AvgIpc) is 3.03. The molecule has 24 heavy (non-hydrogen) atoms. The van der Waals surface area contributed by atoms with Crippen molar-refractivity contribution >= 4 is 17.8 Å². The third kappa shape index (κ3) is 3.56. The van der Waals surface area contributed by atoms with Crippen molar-refractivity contribution in [3.05, 3.63) is 36.4 Å². The molecule has 0 bridgehead atoms. The lowest BCUT2D eigenvalue weighted by Crippen LogP contribution is -2.47. The van der Waals surface area contributed by atoms with Gasteiger partial charge >= 0.3 is 12.0 Å². The van der Waals surface area contributed by atoms with Gasteiger partial charge in [-0.2, -0.15) is 0 Å². The maximum atomic E-state index is 12.4. The molecule has 0 saturated carbocycles. The van der Waals surface area contributed by atoms with Crippen LogP contribution in [0.1, 0.15) is 13.3 Å². The highest BCUT2D eigenvalue weighted by atomic mass is 16.5. The van der Waals surface area contributed by atoms with Gasteiger partial charge in [0.15, 0.2) is 11.6 Å². The van der Waals surface area contributed by atoms with Crippen LogP contribution in [0.25, 0.3) is 11.3 Å². The van der Waals surface area contributed by atoms with E-state index in [2.05, 4.69) is 10.5 Å². The molecule has 1 aliphatic rings. The zero-order chi connectivity index (χ0) is 17.1. The summed E-state index contributed by atoms with van der Waals surface area (Å²) < 4.78 is 5.24. The molecule has 3 rings (SSSR count). The van der Waals surface area contributed by atoms with E-state index in [1.54, 1.807) is 6.07 Å². The normalized spacial score (nSPS) is 20.6. The number of hydrogen-bond donors (Lipinski definition) is 2. The highest BCUT2D eigenvalue weighted by molar-refractivity contribution is 5.89. The number of aliphatic carboxylic acids is 1. The van der Waals surface area contributed by atoms with E-state index in [1.165, 1.54) is 4.90 Å². The van der Waals surface area contributed by atoms with E-state index in [1.807, 2.05) is 37.3 Å². The lowest BCUT2D eigenvalue weighted by atomic mass is 9.91. The molecule has 2 amide bonds. The van der Waals surface area contributed by atoms with Crippen LogP contribution >= 0.6 is 0 Å². The molecular weight excluding hydrogens is 310 g/mol. The lowest BCUT2D eigenvalue weighted by Gasteiger charge is -2.34. The van der Waals surface area contributed by atoms with Crippen molar-refractivity contribution < 1.29 is 19.2 Å². The fraction of sp³-hybridized carbons (Fsp3) is 0.353. The van der Waals surface area contributed by atoms with Crippen LogP contribution < -0.4 is 5.32 Å². The first kappa shape index (κ1) is 16.0. The van der Waals surface area contributed by atoms with Crippen LogP contribution in [0.2, 0.25) is 0 Å². The lowest BCUT2D eigenvalue weighted by molar-refractivity contribution is -0.143. The second-order valence-electron chi connectivity index (χ2n) is 6.15. The van der Waals surface area contributed by atoms with Gasteiger partial charge in [0, 0.05) is 24.7 Å². The molecule has 2 unspecified atom stereocenters. The highest BCUT2D eigenvalue weighted by Crippen LogP contribution is 2.24. The van der Waals surface area contributed by atoms with Gasteiger partial charge in [-0.15, -0.1) is 0 Å². The Morgan fingerprint density at radius 2 is 2.04 bits per heavy atom. The summed E-state index contributed by atoms with van der Waals surface area (Å²) in [5, 5.41) is 15.7. The number of aromatic nitrogens is 1. The summed E-state index contributed by atoms with van der Waals surface area (Å²) in [7, 11) is 0. The number of nitrogens with one attached hydrogen (secondary N) is 1. The fourth-order valence-electron chi connectivity index (χ4n) is 2.96. The number of benzene rings is 1. The molecule has 1 aromatic heterocycles. The molecule has 0 radical (unpaired) electrons. The van der Waals surface area contributed by atoms with Gasteiger partial charge in [0.25, 0.3) is 0 Å². The van der Waals surface area contributed by atoms with Crippen LogP contribution in [-0.2, 0) is 4.79 Å². The molecule has 1 aromatic carbocycles. The Kier molecular flexibility index (Phi) is 4.50. The van der Waals surface area contributed by atoms with E-state index in [9.17, 15) is 14.7 Å². The van der Waals surface area contributed by atoms with Crippen molar-refractivity contribution in [1.82, 2.24) is 10.1 Å². The van der Waals surface area contributed by atoms with Crippen molar-refractivity contribution in [2.75, 3.05) is 18.4 Å². The molecule has 1 aliphatic heterocycles. The summed E-state index contributed by atoms with van der Waals surface area (Å²) in [5.41, 5.74) is 0.864. The van der Waals surface area contributed by atoms with Gasteiger partial charge in [0.2, 0.25) is 0 Å². The number of anilines is 1. The number of carboxylic acid groups (broad SMARTS) is 1. The molecule has 0 spiro atoms. The predicted octanol–water partition coefficient (Wildman–Crippen LogP) is 2.92. The van der Waals surface area contributed by atoms with E-state index in [0.717, 1.165) is 5.56 Å². The number of carboxylic acids is 1. The number of urea groups is 1. The zero-order valence-corrected chi connectivity index (χ0v) is 13.3. The number of piperidine rings is 1. The number of carbonyl (C=O) groups excluding carboxylic acids is 1. The first-order chi connectivity index (χ1) is 11.5. The minimum Gasteiger partial charge on any atom is -0.481 e. The standard InChI is InChI=1S/C17H19N3O4/c1-11-7-13(16(21)22)10-20(9-11)17(23)18-15-8-14(24-19-15)12-5-3-2-4-6-12/h2-6,8,11,13H,7,9-10H2,1H3,(H,21,22)(H,18,19,23). The van der Waals surface area contributed by atoms with Crippen LogP contribution in [-0.4, -0.2) is 40.3 Å². The minimum atomic E-state index is -0.868. The van der Waals surface area contributed by atoms with Crippen molar-refractivity contribution in [2.24, 2.45) is 11.8 Å². The fourth-order valence-corrected chi connectivity index (χ4v) is 2.96. The van der Waals surface area contributed by atoms with E-state index < -0.39 is 11.9 Å². The second kappa shape index (κ2) is 6.74. The quantitative estimate of drug-likeness (QED) is 0.902. The largest absolute Gasteiger partial charge is 0.481 e. The summed E-state index contributed by atoms with van der Waals surface area (Å²) in [5.74, 6) is -0.392. The minimum absolute atomic E-state index is 0.141. The van der Waals surface area contributed by atoms with Crippen molar-refractivity contribution in [3.8, 4) is 11.3 Å². The molecule has 7 heteroatoms. The topological polar surface area (TPSA) is 95.7 Å². The Morgan fingerprint density at radius 1 is 1.29 bits per heavy atom. The summed E-state index contributed by atoms with van der Waals surface area (Å²) >= 11 is 0.